The van der Waals surface area contributed by atoms with Crippen LogP contribution in [0.5, 0.6) is 0 Å². The number of aliphatic carboxylic acids is 1. The summed E-state index contributed by atoms with van der Waals surface area (Å²) < 4.78 is 0. The average molecular weight is 296 g/mol. The second-order valence-electron chi connectivity index (χ2n) is 5.70. The van der Waals surface area contributed by atoms with Crippen molar-refractivity contribution in [1.29, 1.82) is 0 Å². The number of aryl methyl sites for hydroxylation is 1. The molecule has 0 saturated heterocycles. The molecule has 0 fully saturated rings. The summed E-state index contributed by atoms with van der Waals surface area (Å²) in [5.41, 5.74) is 5.17. The summed E-state index contributed by atoms with van der Waals surface area (Å²) in [5.74, 6) is -0.831. The van der Waals surface area contributed by atoms with Gasteiger partial charge in [-0.2, -0.15) is 0 Å². The molecule has 4 rings (SSSR count). The van der Waals surface area contributed by atoms with Crippen LogP contribution in [0.3, 0.4) is 0 Å². The number of benzene rings is 1. The Hall–Kier alpha value is -1.74. The highest BCUT2D eigenvalue weighted by Gasteiger charge is 2.27. The van der Waals surface area contributed by atoms with Crippen molar-refractivity contribution in [2.45, 2.75) is 37.0 Å². The molecule has 0 amide bonds. The molecule has 3 heteroatoms. The first-order valence-corrected chi connectivity index (χ1v) is 8.24. The minimum atomic E-state index is -0.831. The largest absolute Gasteiger partial charge is 0.478 e. The molecule has 0 spiro atoms. The maximum atomic E-state index is 11.7. The van der Waals surface area contributed by atoms with Gasteiger partial charge in [0.1, 0.15) is 0 Å². The second-order valence-corrected chi connectivity index (χ2v) is 6.76. The predicted octanol–water partition coefficient (Wildman–Crippen LogP) is 4.35. The number of carboxylic acid groups (broad SMARTS) is 1. The summed E-state index contributed by atoms with van der Waals surface area (Å²) in [6, 6.07) is 4.13. The highest BCUT2D eigenvalue weighted by atomic mass is 32.2. The van der Waals surface area contributed by atoms with Crippen LogP contribution in [0.15, 0.2) is 45.7 Å². The van der Waals surface area contributed by atoms with E-state index in [0.29, 0.717) is 5.57 Å². The van der Waals surface area contributed by atoms with Crippen LogP contribution in [0.2, 0.25) is 0 Å². The first kappa shape index (κ1) is 13.0. The van der Waals surface area contributed by atoms with Crippen LogP contribution in [0.25, 0.3) is 5.57 Å². The first-order valence-electron chi connectivity index (χ1n) is 7.42. The molecule has 0 radical (unpaired) electrons. The number of allylic oxidation sites excluding steroid dienone is 4. The van der Waals surface area contributed by atoms with Crippen molar-refractivity contribution in [1.82, 2.24) is 0 Å². The lowest BCUT2D eigenvalue weighted by atomic mass is 9.97. The average Bonchev–Trinajstić information content (AvgIpc) is 2.88. The van der Waals surface area contributed by atoms with Crippen LogP contribution in [0.4, 0.5) is 0 Å². The van der Waals surface area contributed by atoms with Crippen LogP contribution >= 0.6 is 11.8 Å². The Balaban J connectivity index is 1.97. The molecular weight excluding hydrogens is 280 g/mol. The zero-order valence-corrected chi connectivity index (χ0v) is 12.5. The van der Waals surface area contributed by atoms with Crippen molar-refractivity contribution >= 4 is 23.3 Å². The number of rotatable bonds is 1. The lowest BCUT2D eigenvalue weighted by Gasteiger charge is -2.14. The molecule has 1 aliphatic heterocycles. The number of hydrogen-bond donors (Lipinski definition) is 1. The number of hydrogen-bond acceptors (Lipinski definition) is 2. The molecule has 0 unspecified atom stereocenters. The van der Waals surface area contributed by atoms with Gasteiger partial charge in [-0.05, 0) is 54.9 Å². The van der Waals surface area contributed by atoms with Crippen molar-refractivity contribution in [3.8, 4) is 0 Å². The van der Waals surface area contributed by atoms with E-state index in [4.69, 9.17) is 0 Å². The fraction of sp³-hybridized carbons (Fsp3) is 0.278. The number of carbonyl (C=O) groups is 1. The Morgan fingerprint density at radius 2 is 2.00 bits per heavy atom. The molecule has 0 aromatic heterocycles. The van der Waals surface area contributed by atoms with Gasteiger partial charge in [0.25, 0.3) is 0 Å². The van der Waals surface area contributed by atoms with Crippen LogP contribution < -0.4 is 0 Å². The topological polar surface area (TPSA) is 37.3 Å². The Bertz CT molecular complexity index is 738. The van der Waals surface area contributed by atoms with Gasteiger partial charge in [0, 0.05) is 15.4 Å². The van der Waals surface area contributed by atoms with Crippen molar-refractivity contribution in [3.05, 3.63) is 57.5 Å². The molecule has 106 valence electrons. The Morgan fingerprint density at radius 3 is 2.86 bits per heavy atom. The van der Waals surface area contributed by atoms with Crippen LogP contribution in [-0.4, -0.2) is 11.1 Å². The molecule has 0 saturated carbocycles. The minimum Gasteiger partial charge on any atom is -0.478 e. The first-order chi connectivity index (χ1) is 10.2. The van der Waals surface area contributed by atoms with Gasteiger partial charge in [-0.3, -0.25) is 0 Å². The third kappa shape index (κ3) is 2.07. The Labute approximate surface area is 128 Å². The molecule has 1 aromatic rings. The molecule has 0 bridgehead atoms. The quantitative estimate of drug-likeness (QED) is 0.837. The Kier molecular flexibility index (Phi) is 3.03. The van der Waals surface area contributed by atoms with Gasteiger partial charge in [0.15, 0.2) is 0 Å². The normalized spacial score (nSPS) is 19.5. The summed E-state index contributed by atoms with van der Waals surface area (Å²) in [4.78, 5) is 14.1. The summed E-state index contributed by atoms with van der Waals surface area (Å²) in [6.07, 6.45) is 11.7. The van der Waals surface area contributed by atoms with Crippen molar-refractivity contribution in [2.24, 2.45) is 0 Å². The maximum absolute atomic E-state index is 11.7. The third-order valence-electron chi connectivity index (χ3n) is 4.41. The van der Waals surface area contributed by atoms with Crippen molar-refractivity contribution in [3.63, 3.8) is 0 Å². The number of fused-ring (bicyclic) bond motifs is 4. The van der Waals surface area contributed by atoms with Gasteiger partial charge in [-0.1, -0.05) is 36.0 Å². The van der Waals surface area contributed by atoms with E-state index in [0.717, 1.165) is 36.8 Å². The zero-order valence-electron chi connectivity index (χ0n) is 11.7. The van der Waals surface area contributed by atoms with E-state index < -0.39 is 5.97 Å². The molecule has 21 heavy (non-hydrogen) atoms. The van der Waals surface area contributed by atoms with Gasteiger partial charge in [0.2, 0.25) is 0 Å². The van der Waals surface area contributed by atoms with E-state index in [1.165, 1.54) is 27.3 Å². The smallest absolute Gasteiger partial charge is 0.336 e. The van der Waals surface area contributed by atoms with Gasteiger partial charge < -0.3 is 5.11 Å². The van der Waals surface area contributed by atoms with Crippen LogP contribution in [-0.2, 0) is 17.6 Å². The van der Waals surface area contributed by atoms with E-state index in [1.54, 1.807) is 11.8 Å². The van der Waals surface area contributed by atoms with Crippen LogP contribution in [0.1, 0.15) is 36.0 Å². The molecule has 2 aliphatic carbocycles. The van der Waals surface area contributed by atoms with E-state index in [-0.39, 0.29) is 0 Å². The van der Waals surface area contributed by atoms with Crippen molar-refractivity contribution in [2.75, 3.05) is 0 Å². The van der Waals surface area contributed by atoms with Gasteiger partial charge in [-0.15, -0.1) is 0 Å². The van der Waals surface area contributed by atoms with Gasteiger partial charge in [0.05, 0.1) is 5.57 Å². The summed E-state index contributed by atoms with van der Waals surface area (Å²) in [5, 5.41) is 9.62. The molecular formula is C18H16O2S. The predicted molar refractivity (Wildman–Crippen MR) is 85.3 cm³/mol. The second kappa shape index (κ2) is 4.92. The highest BCUT2D eigenvalue weighted by molar-refractivity contribution is 8.03. The molecule has 2 nitrogen and oxygen atoms in total. The molecule has 1 N–H and O–H groups in total. The fourth-order valence-corrected chi connectivity index (χ4v) is 4.71. The van der Waals surface area contributed by atoms with Gasteiger partial charge in [-0.25, -0.2) is 4.79 Å². The summed E-state index contributed by atoms with van der Waals surface area (Å²) in [7, 11) is 0. The SMILES string of the molecule is O=C(O)C1=CC2=CCCC=C2Sc2c1ccc1c2CCC1. The third-order valence-corrected chi connectivity index (χ3v) is 5.70. The maximum Gasteiger partial charge on any atom is 0.336 e. The molecule has 0 atom stereocenters. The van der Waals surface area contributed by atoms with Gasteiger partial charge >= 0.3 is 5.97 Å². The molecule has 1 heterocycles. The van der Waals surface area contributed by atoms with E-state index >= 15 is 0 Å². The lowest BCUT2D eigenvalue weighted by molar-refractivity contribution is -0.130. The van der Waals surface area contributed by atoms with Crippen molar-refractivity contribution < 1.29 is 9.90 Å². The Morgan fingerprint density at radius 1 is 1.14 bits per heavy atom. The minimum absolute atomic E-state index is 0.434. The standard InChI is InChI=1S/C18H16O2S/c19-18(20)15-10-12-4-1-2-7-16(12)21-17-13-6-3-5-11(13)8-9-14(15)17/h4,7-10H,1-3,5-6H2,(H,19,20). The highest BCUT2D eigenvalue weighted by Crippen LogP contribution is 2.46. The molecule has 3 aliphatic rings. The van der Waals surface area contributed by atoms with E-state index in [9.17, 15) is 9.90 Å². The monoisotopic (exact) mass is 296 g/mol. The lowest BCUT2D eigenvalue weighted by Crippen LogP contribution is -2.02. The van der Waals surface area contributed by atoms with E-state index in [2.05, 4.69) is 18.2 Å². The number of carboxylic acids is 1. The zero-order chi connectivity index (χ0) is 14.4. The van der Waals surface area contributed by atoms with Crippen LogP contribution in [0, 0.1) is 0 Å². The number of thioether (sulfide) groups is 1. The summed E-state index contributed by atoms with van der Waals surface area (Å²) >= 11 is 1.77. The molecule has 1 aromatic carbocycles. The summed E-state index contributed by atoms with van der Waals surface area (Å²) in [6.45, 7) is 0. The van der Waals surface area contributed by atoms with E-state index in [1.807, 2.05) is 12.1 Å². The fourth-order valence-electron chi connectivity index (χ4n) is 3.38.